The van der Waals surface area contributed by atoms with Gasteiger partial charge in [0, 0.05) is 5.56 Å². The molecule has 0 atom stereocenters. The topological polar surface area (TPSA) is 165 Å². The first-order valence-corrected chi connectivity index (χ1v) is 9.23. The Morgan fingerprint density at radius 3 is 1.38 bits per heavy atom. The molecule has 0 aliphatic heterocycles. The van der Waals surface area contributed by atoms with Crippen LogP contribution in [0.25, 0.3) is 0 Å². The van der Waals surface area contributed by atoms with Crippen molar-refractivity contribution in [3.05, 3.63) is 35.9 Å². The zero-order chi connectivity index (χ0) is 17.3. The Labute approximate surface area is 125 Å². The highest BCUT2D eigenvalue weighted by Crippen LogP contribution is 2.05. The van der Waals surface area contributed by atoms with Crippen LogP contribution >= 0.6 is 0 Å². The molecule has 9 nitrogen and oxygen atoms in total. The number of nitrogens with zero attached hydrogens (tertiary/aromatic N) is 1. The molecular formula is C10H23NO8Si2. The van der Waals surface area contributed by atoms with Crippen LogP contribution in [0.15, 0.2) is 30.3 Å². The van der Waals surface area contributed by atoms with Crippen LogP contribution in [0.1, 0.15) is 5.56 Å². The highest BCUT2D eigenvalue weighted by atomic mass is 28.4. The summed E-state index contributed by atoms with van der Waals surface area (Å²) in [6.45, 7) is 1.10. The molecular weight excluding hydrogens is 318 g/mol. The summed E-state index contributed by atoms with van der Waals surface area (Å²) < 4.78 is 0.990. The van der Waals surface area contributed by atoms with Gasteiger partial charge in [-0.15, -0.1) is 0 Å². The van der Waals surface area contributed by atoms with Crippen molar-refractivity contribution in [3.63, 3.8) is 0 Å². The molecule has 0 bridgehead atoms. The molecule has 0 amide bonds. The summed E-state index contributed by atoms with van der Waals surface area (Å²) in [4.78, 5) is 59.9. The zero-order valence-electron chi connectivity index (χ0n) is 12.1. The molecule has 1 aromatic rings. The number of hydrogen-bond donors (Lipinski definition) is 7. The third kappa shape index (κ3) is 38.2. The molecule has 124 valence electrons. The first-order valence-electron chi connectivity index (χ1n) is 5.69. The van der Waals surface area contributed by atoms with Crippen molar-refractivity contribution in [1.29, 1.82) is 0 Å². The molecule has 0 spiro atoms. The highest BCUT2D eigenvalue weighted by molar-refractivity contribution is 6.46. The lowest BCUT2D eigenvalue weighted by Gasteiger charge is -2.23. The summed E-state index contributed by atoms with van der Waals surface area (Å²) in [6.07, 6.45) is 0. The fraction of sp³-hybridized carbons (Fsp3) is 0.400. The Balaban J connectivity index is 0. The summed E-state index contributed by atoms with van der Waals surface area (Å²) in [7, 11) is -2.87. The van der Waals surface area contributed by atoms with Crippen LogP contribution in [-0.2, 0) is 6.54 Å². The van der Waals surface area contributed by atoms with Crippen LogP contribution in [0.3, 0.4) is 0 Å². The second-order valence-electron chi connectivity index (χ2n) is 5.11. The first kappa shape index (κ1) is 22.6. The number of hydrogen-bond acceptors (Lipinski definition) is 8. The van der Waals surface area contributed by atoms with Crippen molar-refractivity contribution in [2.45, 2.75) is 6.54 Å². The van der Waals surface area contributed by atoms with E-state index in [1.807, 2.05) is 0 Å². The van der Waals surface area contributed by atoms with Gasteiger partial charge in [-0.25, -0.2) is 0 Å². The minimum absolute atomic E-state index is 0.990. The van der Waals surface area contributed by atoms with E-state index in [1.165, 1.54) is 5.56 Å². The van der Waals surface area contributed by atoms with Crippen molar-refractivity contribution in [2.24, 2.45) is 0 Å². The fourth-order valence-corrected chi connectivity index (χ4v) is 1.13. The maximum atomic E-state index is 8.91. The van der Waals surface area contributed by atoms with E-state index in [9.17, 15) is 0 Å². The van der Waals surface area contributed by atoms with E-state index in [0.717, 1.165) is 11.0 Å². The standard InChI is InChI=1S/C10H16N.H4O4Si.H3O4Si/c1-11(2,3)9-10-7-5-4-6-8-10;2*1-5(2,3)4/h4-8H,9H2,1-3H3;1-4H;1-3H/q+1;;-1. The molecule has 0 aliphatic rings. The van der Waals surface area contributed by atoms with Crippen molar-refractivity contribution in [3.8, 4) is 0 Å². The molecule has 0 aromatic heterocycles. The SMILES string of the molecule is C[N+](C)(C)Cc1ccccc1.O[Si](O)(O)O.[O-][Si](O)(O)O. The van der Waals surface area contributed by atoms with Crippen molar-refractivity contribution < 1.29 is 42.8 Å². The molecule has 0 saturated carbocycles. The second-order valence-corrected chi connectivity index (χ2v) is 7.46. The van der Waals surface area contributed by atoms with Crippen molar-refractivity contribution in [1.82, 2.24) is 0 Å². The summed E-state index contributed by atoms with van der Waals surface area (Å²) in [6, 6.07) is 10.6. The van der Waals surface area contributed by atoms with Gasteiger partial charge in [0.1, 0.15) is 6.54 Å². The summed E-state index contributed by atoms with van der Waals surface area (Å²) >= 11 is 0. The second kappa shape index (κ2) is 9.34. The van der Waals surface area contributed by atoms with Crippen LogP contribution in [-0.4, -0.2) is 77.3 Å². The molecule has 21 heavy (non-hydrogen) atoms. The van der Waals surface area contributed by atoms with E-state index < -0.39 is 18.1 Å². The molecule has 11 heteroatoms. The lowest BCUT2D eigenvalue weighted by Crippen LogP contribution is -2.50. The number of rotatable bonds is 2. The summed E-state index contributed by atoms with van der Waals surface area (Å²) in [5, 5.41) is 0. The maximum absolute atomic E-state index is 8.91. The highest BCUT2D eigenvalue weighted by Gasteiger charge is 2.22. The molecule has 0 heterocycles. The molecule has 1 aromatic carbocycles. The smallest absolute Gasteiger partial charge is 0.668 e. The van der Waals surface area contributed by atoms with Gasteiger partial charge in [-0.1, -0.05) is 30.3 Å². The summed E-state index contributed by atoms with van der Waals surface area (Å²) in [5.74, 6) is 0. The first-order chi connectivity index (χ1) is 9.08. The van der Waals surface area contributed by atoms with E-state index in [4.69, 9.17) is 38.4 Å². The quantitative estimate of drug-likeness (QED) is 0.211. The van der Waals surface area contributed by atoms with Crippen molar-refractivity contribution >= 4 is 18.1 Å². The van der Waals surface area contributed by atoms with E-state index in [0.29, 0.717) is 0 Å². The Hall–Kier alpha value is -0.706. The van der Waals surface area contributed by atoms with E-state index in [1.54, 1.807) is 0 Å². The average molecular weight is 341 g/mol. The van der Waals surface area contributed by atoms with Gasteiger partial charge in [0.25, 0.3) is 0 Å². The normalized spacial score (nSPS) is 11.8. The van der Waals surface area contributed by atoms with Gasteiger partial charge in [0.05, 0.1) is 21.1 Å². The monoisotopic (exact) mass is 341 g/mol. The zero-order valence-corrected chi connectivity index (χ0v) is 14.1. The van der Waals surface area contributed by atoms with E-state index >= 15 is 0 Å². The van der Waals surface area contributed by atoms with Crippen molar-refractivity contribution in [2.75, 3.05) is 21.1 Å². The molecule has 0 aliphatic carbocycles. The van der Waals surface area contributed by atoms with Crippen LogP contribution in [0, 0.1) is 0 Å². The lowest BCUT2D eigenvalue weighted by atomic mass is 10.2. The summed E-state index contributed by atoms with van der Waals surface area (Å²) in [5.41, 5.74) is 1.40. The molecule has 0 unspecified atom stereocenters. The van der Waals surface area contributed by atoms with Crippen LogP contribution in [0.2, 0.25) is 0 Å². The van der Waals surface area contributed by atoms with Gasteiger partial charge < -0.3 is 42.8 Å². The average Bonchev–Trinajstić information content (AvgIpc) is 2.10. The van der Waals surface area contributed by atoms with Gasteiger partial charge in [-0.3, -0.25) is 0 Å². The largest absolute Gasteiger partial charge is 0.794 e. The Morgan fingerprint density at radius 1 is 0.857 bits per heavy atom. The van der Waals surface area contributed by atoms with E-state index in [2.05, 4.69) is 51.5 Å². The minimum atomic E-state index is -4.86. The number of quaternary nitrogens is 1. The van der Waals surface area contributed by atoms with Crippen LogP contribution in [0.5, 0.6) is 0 Å². The molecule has 0 fully saturated rings. The molecule has 1 rings (SSSR count). The van der Waals surface area contributed by atoms with Crippen LogP contribution < -0.4 is 4.80 Å². The van der Waals surface area contributed by atoms with Gasteiger partial charge in [0.2, 0.25) is 0 Å². The lowest BCUT2D eigenvalue weighted by molar-refractivity contribution is -0.884. The molecule has 0 saturated heterocycles. The van der Waals surface area contributed by atoms with E-state index in [-0.39, 0.29) is 0 Å². The Kier molecular flexibility index (Phi) is 10.0. The Bertz CT molecular complexity index is 347. The minimum Gasteiger partial charge on any atom is -0.794 e. The Morgan fingerprint density at radius 2 is 1.14 bits per heavy atom. The number of benzene rings is 1. The maximum Gasteiger partial charge on any atom is 0.668 e. The van der Waals surface area contributed by atoms with Gasteiger partial charge in [-0.2, -0.15) is 0 Å². The van der Waals surface area contributed by atoms with Gasteiger partial charge >= 0.3 is 18.1 Å². The third-order valence-corrected chi connectivity index (χ3v) is 1.50. The molecule has 7 N–H and O–H groups in total. The van der Waals surface area contributed by atoms with Gasteiger partial charge in [0.15, 0.2) is 0 Å². The predicted molar refractivity (Wildman–Crippen MR) is 75.2 cm³/mol. The predicted octanol–water partition coefficient (Wildman–Crippen LogP) is -3.96. The van der Waals surface area contributed by atoms with Gasteiger partial charge in [-0.05, 0) is 0 Å². The van der Waals surface area contributed by atoms with Crippen LogP contribution in [0.4, 0.5) is 0 Å². The molecule has 0 radical (unpaired) electrons. The third-order valence-electron chi connectivity index (χ3n) is 1.50. The fourth-order valence-electron chi connectivity index (χ4n) is 1.13.